The summed E-state index contributed by atoms with van der Waals surface area (Å²) in [5, 5.41) is -0.247. The number of esters is 1. The molecule has 0 spiro atoms. The normalized spacial score (nSPS) is 42.6. The van der Waals surface area contributed by atoms with Crippen molar-refractivity contribution in [3.05, 3.63) is 23.8 Å². The van der Waals surface area contributed by atoms with E-state index in [9.17, 15) is 9.59 Å². The first kappa shape index (κ1) is 19.3. The van der Waals surface area contributed by atoms with Gasteiger partial charge >= 0.3 is 5.97 Å². The molecule has 0 heterocycles. The molecule has 4 aliphatic carbocycles. The van der Waals surface area contributed by atoms with Gasteiger partial charge in [0.15, 0.2) is 5.12 Å². The van der Waals surface area contributed by atoms with Crippen LogP contribution >= 0.6 is 12.6 Å². The van der Waals surface area contributed by atoms with Crippen molar-refractivity contribution in [1.29, 1.82) is 0 Å². The Kier molecular flexibility index (Phi) is 5.07. The molecule has 0 aromatic rings. The van der Waals surface area contributed by atoms with Crippen LogP contribution in [-0.2, 0) is 14.3 Å². The quantitative estimate of drug-likeness (QED) is 0.406. The van der Waals surface area contributed by atoms with Gasteiger partial charge in [-0.25, -0.2) is 0 Å². The number of rotatable bonds is 4. The molecule has 3 saturated carbocycles. The van der Waals surface area contributed by atoms with E-state index in [1.807, 2.05) is 0 Å². The number of hydrogen-bond donors (Lipinski definition) is 1. The number of allylic oxidation sites excluding steroid dienone is 4. The van der Waals surface area contributed by atoms with Gasteiger partial charge in [0.1, 0.15) is 6.10 Å². The molecule has 0 amide bonds. The number of hydrogen-bond acceptors (Lipinski definition) is 3. The minimum Gasteiger partial charge on any atom is -0.462 e. The predicted molar refractivity (Wildman–Crippen MR) is 109 cm³/mol. The molecule has 0 saturated heterocycles. The lowest BCUT2D eigenvalue weighted by Gasteiger charge is -2.56. The van der Waals surface area contributed by atoms with Crippen molar-refractivity contribution in [2.24, 2.45) is 28.6 Å². The summed E-state index contributed by atoms with van der Waals surface area (Å²) in [7, 11) is 0. The summed E-state index contributed by atoms with van der Waals surface area (Å²) in [4.78, 5) is 23.2. The molecule has 0 unspecified atom stereocenters. The molecule has 0 radical (unpaired) electrons. The van der Waals surface area contributed by atoms with Crippen LogP contribution in [0.5, 0.6) is 0 Å². The highest BCUT2D eigenvalue weighted by Gasteiger charge is 2.59. The first-order valence-corrected chi connectivity index (χ1v) is 11.1. The van der Waals surface area contributed by atoms with E-state index in [0.717, 1.165) is 31.1 Å². The van der Waals surface area contributed by atoms with Crippen LogP contribution in [0.25, 0.3) is 0 Å². The van der Waals surface area contributed by atoms with Gasteiger partial charge in [-0.1, -0.05) is 37.6 Å². The molecular formula is C23H32O3S. The first-order chi connectivity index (χ1) is 12.8. The van der Waals surface area contributed by atoms with E-state index in [2.05, 4.69) is 44.7 Å². The van der Waals surface area contributed by atoms with Crippen molar-refractivity contribution in [3.8, 4) is 0 Å². The summed E-state index contributed by atoms with van der Waals surface area (Å²) in [6, 6.07) is 0. The zero-order chi connectivity index (χ0) is 19.2. The lowest BCUT2D eigenvalue weighted by Crippen LogP contribution is -2.50. The van der Waals surface area contributed by atoms with Crippen molar-refractivity contribution in [2.45, 2.75) is 77.7 Å². The van der Waals surface area contributed by atoms with E-state index in [4.69, 9.17) is 4.74 Å². The largest absolute Gasteiger partial charge is 0.462 e. The third-order valence-corrected chi connectivity index (χ3v) is 8.56. The highest BCUT2D eigenvalue weighted by molar-refractivity contribution is 7.96. The molecule has 4 aliphatic rings. The minimum absolute atomic E-state index is 0.0117. The summed E-state index contributed by atoms with van der Waals surface area (Å²) in [5.41, 5.74) is 1.99. The fourth-order valence-corrected chi connectivity index (χ4v) is 7.02. The molecule has 4 rings (SSSR count). The van der Waals surface area contributed by atoms with Gasteiger partial charge in [0.25, 0.3) is 0 Å². The van der Waals surface area contributed by atoms with Gasteiger partial charge in [0, 0.05) is 17.3 Å². The Morgan fingerprint density at radius 1 is 1.15 bits per heavy atom. The van der Waals surface area contributed by atoms with Gasteiger partial charge in [-0.2, -0.15) is 0 Å². The van der Waals surface area contributed by atoms with Gasteiger partial charge in [-0.15, -0.1) is 12.6 Å². The highest BCUT2D eigenvalue weighted by Crippen LogP contribution is 2.65. The van der Waals surface area contributed by atoms with Crippen LogP contribution in [0.2, 0.25) is 0 Å². The van der Waals surface area contributed by atoms with E-state index < -0.39 is 0 Å². The van der Waals surface area contributed by atoms with Crippen LogP contribution < -0.4 is 0 Å². The molecule has 4 heteroatoms. The second kappa shape index (κ2) is 7.09. The van der Waals surface area contributed by atoms with Crippen LogP contribution in [0, 0.1) is 28.6 Å². The Morgan fingerprint density at radius 2 is 1.96 bits per heavy atom. The van der Waals surface area contributed by atoms with Crippen molar-refractivity contribution < 1.29 is 14.3 Å². The van der Waals surface area contributed by atoms with Gasteiger partial charge in [0.05, 0.1) is 6.42 Å². The molecular weight excluding hydrogens is 356 g/mol. The number of thiol groups is 1. The summed E-state index contributed by atoms with van der Waals surface area (Å²) < 4.78 is 5.90. The fraction of sp³-hybridized carbons (Fsp3) is 0.739. The monoisotopic (exact) mass is 388 g/mol. The Hall–Kier alpha value is -1.03. The minimum atomic E-state index is -0.247. The van der Waals surface area contributed by atoms with Crippen molar-refractivity contribution >= 4 is 23.7 Å². The van der Waals surface area contributed by atoms with Gasteiger partial charge in [0.2, 0.25) is 0 Å². The Bertz CT molecular complexity index is 696. The summed E-state index contributed by atoms with van der Waals surface area (Å²) in [5.74, 6) is 1.87. The van der Waals surface area contributed by atoms with E-state index in [1.165, 1.54) is 25.7 Å². The van der Waals surface area contributed by atoms with E-state index in [0.29, 0.717) is 5.92 Å². The number of carbonyl (C=O) groups is 2. The average Bonchev–Trinajstić information content (AvgIpc) is 2.96. The Morgan fingerprint density at radius 3 is 2.74 bits per heavy atom. The Labute approximate surface area is 168 Å². The third-order valence-electron chi connectivity index (χ3n) is 8.34. The van der Waals surface area contributed by atoms with Crippen LogP contribution in [0.1, 0.15) is 71.6 Å². The van der Waals surface area contributed by atoms with E-state index in [1.54, 1.807) is 5.57 Å². The molecule has 6 atom stereocenters. The van der Waals surface area contributed by atoms with Crippen LogP contribution in [-0.4, -0.2) is 17.2 Å². The van der Waals surface area contributed by atoms with Crippen molar-refractivity contribution in [2.75, 3.05) is 0 Å². The molecule has 0 N–H and O–H groups in total. The lowest BCUT2D eigenvalue weighted by molar-refractivity contribution is -0.159. The van der Waals surface area contributed by atoms with Crippen molar-refractivity contribution in [3.63, 3.8) is 0 Å². The predicted octanol–water partition coefficient (Wildman–Crippen LogP) is 5.26. The molecule has 148 valence electrons. The second-order valence-corrected chi connectivity index (χ2v) is 10.1. The third kappa shape index (κ3) is 3.22. The fourth-order valence-electron chi connectivity index (χ4n) is 6.91. The molecule has 27 heavy (non-hydrogen) atoms. The van der Waals surface area contributed by atoms with E-state index in [-0.39, 0.29) is 40.9 Å². The molecule has 3 fully saturated rings. The standard InChI is InChI=1S/C23H32O3S/c1-22-13-4-3-5-15(22)6-7-16-17-8-9-19(23(17,2)14-12-18(16)22)26-20(24)10-11-21(25)27/h4-5,13,16-19H,3,6-12,14H2,1-2H3,(H,25,27)/t16-,17-,18-,19+,22-,23-/m0/s1. The van der Waals surface area contributed by atoms with E-state index >= 15 is 0 Å². The smallest absolute Gasteiger partial charge is 0.306 e. The first-order valence-electron chi connectivity index (χ1n) is 10.6. The summed E-state index contributed by atoms with van der Waals surface area (Å²) in [6.07, 6.45) is 15.7. The lowest BCUT2D eigenvalue weighted by atomic mass is 9.48. The highest BCUT2D eigenvalue weighted by atomic mass is 32.1. The molecule has 0 aromatic heterocycles. The average molecular weight is 389 g/mol. The van der Waals surface area contributed by atoms with Crippen LogP contribution in [0.3, 0.4) is 0 Å². The molecule has 0 bridgehead atoms. The number of fused-ring (bicyclic) bond motifs is 5. The van der Waals surface area contributed by atoms with Crippen molar-refractivity contribution in [1.82, 2.24) is 0 Å². The summed E-state index contributed by atoms with van der Waals surface area (Å²) in [6.45, 7) is 4.81. The topological polar surface area (TPSA) is 43.4 Å². The number of carbonyl (C=O) groups excluding carboxylic acids is 2. The molecule has 3 nitrogen and oxygen atoms in total. The molecule has 0 aliphatic heterocycles. The SMILES string of the molecule is C[C@]12CC[C@H]3[C@@H](CCC4=CCC=C[C@@]43C)[C@@H]1CC[C@H]2OC(=O)CCC(=O)S. The maximum absolute atomic E-state index is 12.2. The number of ether oxygens (including phenoxy) is 1. The van der Waals surface area contributed by atoms with Crippen LogP contribution in [0.4, 0.5) is 0 Å². The Balaban J connectivity index is 1.49. The zero-order valence-corrected chi connectivity index (χ0v) is 17.5. The zero-order valence-electron chi connectivity index (χ0n) is 16.6. The van der Waals surface area contributed by atoms with Gasteiger partial charge in [-0.05, 0) is 62.7 Å². The summed E-state index contributed by atoms with van der Waals surface area (Å²) >= 11 is 3.75. The van der Waals surface area contributed by atoms with Gasteiger partial charge < -0.3 is 4.74 Å². The van der Waals surface area contributed by atoms with Gasteiger partial charge in [-0.3, -0.25) is 9.59 Å². The maximum atomic E-state index is 12.2. The second-order valence-electron chi connectivity index (χ2n) is 9.56. The maximum Gasteiger partial charge on any atom is 0.306 e. The van der Waals surface area contributed by atoms with Crippen LogP contribution in [0.15, 0.2) is 23.8 Å². The molecule has 0 aromatic carbocycles.